The Morgan fingerprint density at radius 3 is 2.80 bits per heavy atom. The summed E-state index contributed by atoms with van der Waals surface area (Å²) in [6.45, 7) is 1.92. The van der Waals surface area contributed by atoms with Gasteiger partial charge in [0, 0.05) is 22.5 Å². The number of carbonyl (C=O) groups is 1. The van der Waals surface area contributed by atoms with Gasteiger partial charge in [-0.1, -0.05) is 23.2 Å². The molecule has 0 saturated carbocycles. The van der Waals surface area contributed by atoms with E-state index in [-0.39, 0.29) is 10.6 Å². The molecule has 3 aromatic rings. The summed E-state index contributed by atoms with van der Waals surface area (Å²) in [5.74, 6) is -0.518. The van der Waals surface area contributed by atoms with Crippen LogP contribution in [0.3, 0.4) is 0 Å². The van der Waals surface area contributed by atoms with E-state index in [0.717, 1.165) is 16.6 Å². The van der Waals surface area contributed by atoms with Gasteiger partial charge in [-0.05, 0) is 42.3 Å². The van der Waals surface area contributed by atoms with E-state index >= 15 is 0 Å². The number of nitrogens with one attached hydrogen (secondary N) is 1. The number of esters is 1. The maximum atomic E-state index is 11.8. The van der Waals surface area contributed by atoms with Crippen LogP contribution in [0.2, 0.25) is 10.0 Å². The van der Waals surface area contributed by atoms with Crippen molar-refractivity contribution in [1.82, 2.24) is 9.97 Å². The second kappa shape index (κ2) is 6.75. The van der Waals surface area contributed by atoms with Gasteiger partial charge in [-0.2, -0.15) is 5.26 Å². The number of aryl methyl sites for hydroxylation is 1. The van der Waals surface area contributed by atoms with Gasteiger partial charge in [0.2, 0.25) is 0 Å². The molecule has 0 aliphatic carbocycles. The predicted octanol–water partition coefficient (Wildman–Crippen LogP) is 4.43. The van der Waals surface area contributed by atoms with Crippen LogP contribution in [-0.2, 0) is 11.2 Å². The zero-order valence-corrected chi connectivity index (χ0v) is 15.0. The van der Waals surface area contributed by atoms with E-state index in [4.69, 9.17) is 33.2 Å². The molecule has 0 bridgehead atoms. The SMILES string of the molecule is COC(=O)c1ccc(Cl)c(Cc2cc3c(C)cc(C#N)nc3[nH]2)c1Cl. The summed E-state index contributed by atoms with van der Waals surface area (Å²) >= 11 is 12.6. The molecule has 0 fully saturated rings. The fourth-order valence-electron chi connectivity index (χ4n) is 2.69. The monoisotopic (exact) mass is 373 g/mol. The van der Waals surface area contributed by atoms with Crippen molar-refractivity contribution < 1.29 is 9.53 Å². The standard InChI is InChI=1S/C18H13Cl2N3O2/c1-9-5-11(8-21)23-17-13(9)6-10(22-17)7-14-15(19)4-3-12(16(14)20)18(24)25-2/h3-6H,7H2,1-2H3,(H,22,23). The third kappa shape index (κ3) is 3.19. The maximum absolute atomic E-state index is 11.8. The lowest BCUT2D eigenvalue weighted by molar-refractivity contribution is 0.0601. The highest BCUT2D eigenvalue weighted by atomic mass is 35.5. The number of benzene rings is 1. The van der Waals surface area contributed by atoms with Crippen LogP contribution in [0.1, 0.15) is 32.9 Å². The molecule has 25 heavy (non-hydrogen) atoms. The second-order valence-corrected chi connectivity index (χ2v) is 6.33. The molecule has 2 heterocycles. The Morgan fingerprint density at radius 2 is 2.12 bits per heavy atom. The largest absolute Gasteiger partial charge is 0.465 e. The molecule has 0 aliphatic heterocycles. The number of fused-ring (bicyclic) bond motifs is 1. The smallest absolute Gasteiger partial charge is 0.339 e. The second-order valence-electron chi connectivity index (χ2n) is 5.55. The molecule has 126 valence electrons. The number of nitriles is 1. The van der Waals surface area contributed by atoms with E-state index in [9.17, 15) is 4.79 Å². The predicted molar refractivity (Wildman–Crippen MR) is 96.2 cm³/mol. The highest BCUT2D eigenvalue weighted by molar-refractivity contribution is 6.38. The van der Waals surface area contributed by atoms with Crippen molar-refractivity contribution in [1.29, 1.82) is 5.26 Å². The molecule has 0 radical (unpaired) electrons. The lowest BCUT2D eigenvalue weighted by Gasteiger charge is -2.09. The molecule has 0 amide bonds. The van der Waals surface area contributed by atoms with E-state index in [1.54, 1.807) is 12.1 Å². The number of H-pyrrole nitrogens is 1. The molecule has 5 nitrogen and oxygen atoms in total. The number of halogens is 2. The third-order valence-electron chi connectivity index (χ3n) is 3.94. The summed E-state index contributed by atoms with van der Waals surface area (Å²) in [4.78, 5) is 19.3. The molecule has 0 saturated heterocycles. The van der Waals surface area contributed by atoms with Crippen LogP contribution >= 0.6 is 23.2 Å². The number of aromatic nitrogens is 2. The minimum atomic E-state index is -0.518. The molecule has 0 atom stereocenters. The van der Waals surface area contributed by atoms with E-state index in [2.05, 4.69) is 9.97 Å². The van der Waals surface area contributed by atoms with Crippen LogP contribution < -0.4 is 0 Å². The summed E-state index contributed by atoms with van der Waals surface area (Å²) in [7, 11) is 1.30. The van der Waals surface area contributed by atoms with Gasteiger partial charge in [0.05, 0.1) is 17.7 Å². The lowest BCUT2D eigenvalue weighted by Crippen LogP contribution is -2.04. The number of hydrogen-bond donors (Lipinski definition) is 1. The van der Waals surface area contributed by atoms with Crippen LogP contribution in [0.15, 0.2) is 24.3 Å². The van der Waals surface area contributed by atoms with Gasteiger partial charge >= 0.3 is 5.97 Å². The fraction of sp³-hybridized carbons (Fsp3) is 0.167. The quantitative estimate of drug-likeness (QED) is 0.688. The van der Waals surface area contributed by atoms with Crippen LogP contribution in [0, 0.1) is 18.3 Å². The first-order valence-corrected chi connectivity index (χ1v) is 8.14. The Kier molecular flexibility index (Phi) is 4.67. The van der Waals surface area contributed by atoms with Crippen LogP contribution in [0.25, 0.3) is 11.0 Å². The average molecular weight is 374 g/mol. The zero-order valence-electron chi connectivity index (χ0n) is 13.5. The van der Waals surface area contributed by atoms with E-state index in [1.807, 2.05) is 19.1 Å². The first-order chi connectivity index (χ1) is 11.9. The van der Waals surface area contributed by atoms with Gasteiger partial charge in [-0.15, -0.1) is 0 Å². The van der Waals surface area contributed by atoms with Gasteiger partial charge in [-0.3, -0.25) is 0 Å². The Morgan fingerprint density at radius 1 is 1.36 bits per heavy atom. The van der Waals surface area contributed by atoms with Crippen molar-refractivity contribution in [2.45, 2.75) is 13.3 Å². The lowest BCUT2D eigenvalue weighted by atomic mass is 10.1. The summed E-state index contributed by atoms with van der Waals surface area (Å²) in [6, 6.07) is 8.87. The normalized spacial score (nSPS) is 10.7. The zero-order chi connectivity index (χ0) is 18.1. The number of hydrogen-bond acceptors (Lipinski definition) is 4. The van der Waals surface area contributed by atoms with E-state index in [1.165, 1.54) is 13.2 Å². The van der Waals surface area contributed by atoms with Gasteiger partial charge in [0.25, 0.3) is 0 Å². The van der Waals surface area contributed by atoms with Crippen LogP contribution in [-0.4, -0.2) is 23.0 Å². The highest BCUT2D eigenvalue weighted by Crippen LogP contribution is 2.31. The van der Waals surface area contributed by atoms with Gasteiger partial charge in [-0.25, -0.2) is 9.78 Å². The minimum Gasteiger partial charge on any atom is -0.465 e. The molecule has 0 spiro atoms. The van der Waals surface area contributed by atoms with Crippen molar-refractivity contribution in [3.8, 4) is 6.07 Å². The van der Waals surface area contributed by atoms with E-state index in [0.29, 0.717) is 28.3 Å². The molecular formula is C18H13Cl2N3O2. The molecular weight excluding hydrogens is 361 g/mol. The Hall–Kier alpha value is -2.55. The van der Waals surface area contributed by atoms with E-state index < -0.39 is 5.97 Å². The first-order valence-electron chi connectivity index (χ1n) is 7.39. The highest BCUT2D eigenvalue weighted by Gasteiger charge is 2.18. The van der Waals surface area contributed by atoms with Crippen molar-refractivity contribution in [2.75, 3.05) is 7.11 Å². The molecule has 0 aliphatic rings. The Balaban J connectivity index is 2.06. The Labute approximate surface area is 154 Å². The summed E-state index contributed by atoms with van der Waals surface area (Å²) in [5, 5.41) is 10.7. The maximum Gasteiger partial charge on any atom is 0.339 e. The molecule has 1 aromatic carbocycles. The van der Waals surface area contributed by atoms with Gasteiger partial charge < -0.3 is 9.72 Å². The summed E-state index contributed by atoms with van der Waals surface area (Å²) in [6.07, 6.45) is 0.389. The topological polar surface area (TPSA) is 78.8 Å². The third-order valence-corrected chi connectivity index (χ3v) is 4.72. The fourth-order valence-corrected chi connectivity index (χ4v) is 3.27. The number of aromatic amines is 1. The summed E-state index contributed by atoms with van der Waals surface area (Å²) < 4.78 is 4.74. The number of pyridine rings is 1. The molecule has 2 aromatic heterocycles. The molecule has 0 unspecified atom stereocenters. The van der Waals surface area contributed by atoms with Crippen LogP contribution in [0.4, 0.5) is 0 Å². The van der Waals surface area contributed by atoms with Crippen molar-refractivity contribution in [3.63, 3.8) is 0 Å². The van der Waals surface area contributed by atoms with Crippen molar-refractivity contribution >= 4 is 40.2 Å². The van der Waals surface area contributed by atoms with Gasteiger partial charge in [0.1, 0.15) is 17.4 Å². The average Bonchev–Trinajstić information content (AvgIpc) is 3.01. The molecule has 7 heteroatoms. The van der Waals surface area contributed by atoms with Crippen molar-refractivity contribution in [3.05, 3.63) is 62.4 Å². The molecule has 3 rings (SSSR count). The number of rotatable bonds is 3. The number of carbonyl (C=O) groups excluding carboxylic acids is 1. The number of ether oxygens (including phenoxy) is 1. The summed E-state index contributed by atoms with van der Waals surface area (Å²) in [5.41, 5.74) is 3.64. The molecule has 1 N–H and O–H groups in total. The number of methoxy groups -OCH3 is 1. The van der Waals surface area contributed by atoms with Crippen LogP contribution in [0.5, 0.6) is 0 Å². The van der Waals surface area contributed by atoms with Gasteiger partial charge in [0.15, 0.2) is 0 Å². The minimum absolute atomic E-state index is 0.264. The van der Waals surface area contributed by atoms with Crippen molar-refractivity contribution in [2.24, 2.45) is 0 Å². The Bertz CT molecular complexity index is 1030. The first kappa shape index (κ1) is 17.3. The number of nitrogens with zero attached hydrogens (tertiary/aromatic N) is 2.